The van der Waals surface area contributed by atoms with E-state index in [0.29, 0.717) is 15.0 Å². The van der Waals surface area contributed by atoms with Crippen molar-refractivity contribution in [2.45, 2.75) is 0 Å². The summed E-state index contributed by atoms with van der Waals surface area (Å²) in [6, 6.07) is 10.2. The minimum Gasteiger partial charge on any atom is -0.323 e. The van der Waals surface area contributed by atoms with E-state index in [0.717, 1.165) is 21.5 Å². The van der Waals surface area contributed by atoms with Crippen LogP contribution in [0.1, 0.15) is 4.88 Å². The van der Waals surface area contributed by atoms with Gasteiger partial charge in [0.25, 0.3) is 11.1 Å². The summed E-state index contributed by atoms with van der Waals surface area (Å²) >= 11 is 13.9. The Labute approximate surface area is 161 Å². The van der Waals surface area contributed by atoms with Crippen LogP contribution >= 0.6 is 46.3 Å². The van der Waals surface area contributed by atoms with Crippen LogP contribution < -0.4 is 5.32 Å². The number of halogens is 2. The number of carbonyl (C=O) groups excluding carboxylic acids is 3. The van der Waals surface area contributed by atoms with Crippen LogP contribution in [0.3, 0.4) is 0 Å². The van der Waals surface area contributed by atoms with Gasteiger partial charge in [-0.1, -0.05) is 35.3 Å². The highest BCUT2D eigenvalue weighted by molar-refractivity contribution is 8.18. The summed E-state index contributed by atoms with van der Waals surface area (Å²) in [5.74, 6) is -1.01. The largest absolute Gasteiger partial charge is 0.323 e. The minimum absolute atomic E-state index is 0.258. The van der Waals surface area contributed by atoms with Crippen molar-refractivity contribution in [1.82, 2.24) is 4.90 Å². The van der Waals surface area contributed by atoms with E-state index in [4.69, 9.17) is 23.2 Å². The van der Waals surface area contributed by atoms with E-state index in [-0.39, 0.29) is 11.4 Å². The number of nitrogens with one attached hydrogen (secondary N) is 1. The zero-order valence-electron chi connectivity index (χ0n) is 12.5. The van der Waals surface area contributed by atoms with E-state index >= 15 is 0 Å². The van der Waals surface area contributed by atoms with Crippen LogP contribution in [0, 0.1) is 0 Å². The average Bonchev–Trinajstić information content (AvgIpc) is 3.08. The lowest BCUT2D eigenvalue weighted by molar-refractivity contribution is -0.127. The monoisotopic (exact) mass is 412 g/mol. The molecule has 0 aliphatic carbocycles. The summed E-state index contributed by atoms with van der Waals surface area (Å²) in [6.45, 7) is -0.377. The van der Waals surface area contributed by atoms with Crippen molar-refractivity contribution in [2.24, 2.45) is 0 Å². The van der Waals surface area contributed by atoms with Crippen LogP contribution in [0.5, 0.6) is 0 Å². The number of imide groups is 1. The van der Waals surface area contributed by atoms with Crippen molar-refractivity contribution in [3.63, 3.8) is 0 Å². The number of para-hydroxylation sites is 1. The predicted molar refractivity (Wildman–Crippen MR) is 102 cm³/mol. The van der Waals surface area contributed by atoms with Gasteiger partial charge < -0.3 is 5.32 Å². The molecule has 2 aromatic rings. The van der Waals surface area contributed by atoms with Crippen molar-refractivity contribution in [2.75, 3.05) is 11.9 Å². The van der Waals surface area contributed by atoms with E-state index in [2.05, 4.69) is 5.32 Å². The standard InChI is InChI=1S/C16H10Cl2N2O3S2/c17-10-3-1-2-4-11(10)19-14(21)8-20-15(22)12(25-16(20)23)7-9-5-6-13(18)24-9/h1-7H,8H2,(H,19,21)/b12-7+. The van der Waals surface area contributed by atoms with Gasteiger partial charge in [-0.05, 0) is 42.1 Å². The molecular formula is C16H10Cl2N2O3S2. The zero-order valence-corrected chi connectivity index (χ0v) is 15.6. The second-order valence-electron chi connectivity index (χ2n) is 4.94. The molecule has 1 aliphatic rings. The molecule has 0 atom stereocenters. The molecule has 0 bridgehead atoms. The maximum Gasteiger partial charge on any atom is 0.294 e. The van der Waals surface area contributed by atoms with Crippen molar-refractivity contribution in [3.05, 3.63) is 55.5 Å². The molecule has 128 valence electrons. The summed E-state index contributed by atoms with van der Waals surface area (Å²) in [5.41, 5.74) is 0.421. The number of anilines is 1. The third-order valence-electron chi connectivity index (χ3n) is 3.19. The summed E-state index contributed by atoms with van der Waals surface area (Å²) in [7, 11) is 0. The van der Waals surface area contributed by atoms with Gasteiger partial charge in [0.05, 0.1) is 20.0 Å². The predicted octanol–water partition coefficient (Wildman–Crippen LogP) is 4.73. The fraction of sp³-hybridized carbons (Fsp3) is 0.0625. The van der Waals surface area contributed by atoms with Gasteiger partial charge >= 0.3 is 0 Å². The van der Waals surface area contributed by atoms with E-state index < -0.39 is 17.1 Å². The average molecular weight is 413 g/mol. The number of rotatable bonds is 4. The molecule has 1 N–H and O–H groups in total. The fourth-order valence-electron chi connectivity index (χ4n) is 2.07. The Kier molecular flexibility index (Phi) is 5.48. The van der Waals surface area contributed by atoms with Gasteiger partial charge in [0.1, 0.15) is 6.54 Å². The maximum atomic E-state index is 12.4. The van der Waals surface area contributed by atoms with Crippen molar-refractivity contribution < 1.29 is 14.4 Å². The van der Waals surface area contributed by atoms with E-state index in [1.807, 2.05) is 0 Å². The minimum atomic E-state index is -0.506. The number of hydrogen-bond acceptors (Lipinski definition) is 5. The van der Waals surface area contributed by atoms with Gasteiger partial charge in [-0.15, -0.1) is 11.3 Å². The quantitative estimate of drug-likeness (QED) is 0.736. The lowest BCUT2D eigenvalue weighted by atomic mass is 10.3. The number of nitrogens with zero attached hydrogens (tertiary/aromatic N) is 1. The summed E-state index contributed by atoms with van der Waals surface area (Å²) in [4.78, 5) is 38.4. The summed E-state index contributed by atoms with van der Waals surface area (Å²) in [5, 5.41) is 2.47. The number of thiophene rings is 1. The van der Waals surface area contributed by atoms with Crippen LogP contribution in [-0.2, 0) is 9.59 Å². The van der Waals surface area contributed by atoms with Crippen LogP contribution in [-0.4, -0.2) is 28.5 Å². The van der Waals surface area contributed by atoms with Crippen LogP contribution in [0.25, 0.3) is 6.08 Å². The highest BCUT2D eigenvalue weighted by atomic mass is 35.5. The third-order valence-corrected chi connectivity index (χ3v) is 5.61. The highest BCUT2D eigenvalue weighted by Gasteiger charge is 2.36. The zero-order chi connectivity index (χ0) is 18.0. The molecule has 1 aromatic carbocycles. The van der Waals surface area contributed by atoms with Gasteiger partial charge in [-0.25, -0.2) is 0 Å². The van der Waals surface area contributed by atoms with Gasteiger partial charge in [0.2, 0.25) is 5.91 Å². The molecule has 5 nitrogen and oxygen atoms in total. The van der Waals surface area contributed by atoms with Gasteiger partial charge in [0.15, 0.2) is 0 Å². The molecule has 0 saturated carbocycles. The highest BCUT2D eigenvalue weighted by Crippen LogP contribution is 2.34. The lowest BCUT2D eigenvalue weighted by Gasteiger charge is -2.13. The summed E-state index contributed by atoms with van der Waals surface area (Å²) < 4.78 is 0.588. The first-order valence-electron chi connectivity index (χ1n) is 6.99. The number of benzene rings is 1. The first-order valence-corrected chi connectivity index (χ1v) is 9.38. The molecule has 3 amide bonds. The number of amides is 3. The number of hydrogen-bond donors (Lipinski definition) is 1. The van der Waals surface area contributed by atoms with Gasteiger partial charge in [-0.2, -0.15) is 0 Å². The first-order chi connectivity index (χ1) is 11.9. The van der Waals surface area contributed by atoms with Crippen LogP contribution in [0.4, 0.5) is 10.5 Å². The van der Waals surface area contributed by atoms with Crippen molar-refractivity contribution in [1.29, 1.82) is 0 Å². The van der Waals surface area contributed by atoms with Gasteiger partial charge in [-0.3, -0.25) is 19.3 Å². The second kappa shape index (κ2) is 7.61. The molecule has 1 fully saturated rings. The molecule has 1 aliphatic heterocycles. The van der Waals surface area contributed by atoms with Crippen LogP contribution in [0.15, 0.2) is 41.3 Å². The molecule has 25 heavy (non-hydrogen) atoms. The molecule has 3 rings (SSSR count). The molecule has 2 heterocycles. The Balaban J connectivity index is 1.69. The fourth-order valence-corrected chi connectivity index (χ4v) is 4.16. The van der Waals surface area contributed by atoms with Crippen molar-refractivity contribution >= 4 is 75.1 Å². The third kappa shape index (κ3) is 4.24. The van der Waals surface area contributed by atoms with Crippen LogP contribution in [0.2, 0.25) is 9.36 Å². The Morgan fingerprint density at radius 3 is 2.60 bits per heavy atom. The lowest BCUT2D eigenvalue weighted by Crippen LogP contribution is -2.36. The Bertz CT molecular complexity index is 895. The number of carbonyl (C=O) groups is 3. The maximum absolute atomic E-state index is 12.4. The first kappa shape index (κ1) is 18.0. The molecule has 0 radical (unpaired) electrons. The topological polar surface area (TPSA) is 66.5 Å². The van der Waals surface area contributed by atoms with Crippen molar-refractivity contribution in [3.8, 4) is 0 Å². The Morgan fingerprint density at radius 2 is 1.92 bits per heavy atom. The normalized spacial score (nSPS) is 15.9. The second-order valence-corrected chi connectivity index (χ2v) is 8.08. The molecule has 9 heteroatoms. The molecular weight excluding hydrogens is 403 g/mol. The van der Waals surface area contributed by atoms with E-state index in [9.17, 15) is 14.4 Å². The Hall–Kier alpha value is -1.80. The van der Waals surface area contributed by atoms with E-state index in [1.54, 1.807) is 42.5 Å². The van der Waals surface area contributed by atoms with E-state index in [1.165, 1.54) is 11.3 Å². The molecule has 0 unspecified atom stereocenters. The SMILES string of the molecule is O=C(CN1C(=O)S/C(=C/c2ccc(Cl)s2)C1=O)Nc1ccccc1Cl. The van der Waals surface area contributed by atoms with Gasteiger partial charge in [0, 0.05) is 4.88 Å². The molecule has 0 spiro atoms. The summed E-state index contributed by atoms with van der Waals surface area (Å²) in [6.07, 6.45) is 1.59. The molecule has 1 saturated heterocycles. The Morgan fingerprint density at radius 1 is 1.16 bits per heavy atom. The molecule has 1 aromatic heterocycles. The number of thioether (sulfide) groups is 1. The smallest absolute Gasteiger partial charge is 0.294 e.